The molecule has 0 aliphatic carbocycles. The Morgan fingerprint density at radius 1 is 0.875 bits per heavy atom. The second kappa shape index (κ2) is 18.9. The van der Waals surface area contributed by atoms with Crippen LogP contribution in [-0.4, -0.2) is 103 Å². The van der Waals surface area contributed by atoms with Crippen LogP contribution >= 0.6 is 11.8 Å². The van der Waals surface area contributed by atoms with E-state index >= 15 is 0 Å². The summed E-state index contributed by atoms with van der Waals surface area (Å²) in [6.45, 7) is 1.97. The lowest BCUT2D eigenvalue weighted by Gasteiger charge is -2.32. The van der Waals surface area contributed by atoms with Gasteiger partial charge in [-0.3, -0.25) is 14.4 Å². The van der Waals surface area contributed by atoms with Crippen molar-refractivity contribution in [3.05, 3.63) is 107 Å². The van der Waals surface area contributed by atoms with Gasteiger partial charge in [0, 0.05) is 61.1 Å². The molecule has 296 valence electrons. The number of thioether (sulfide) groups is 1. The second-order valence-electron chi connectivity index (χ2n) is 14.8. The topological polar surface area (TPSA) is 148 Å². The normalized spacial score (nSPS) is 23.6. The first-order valence-electron chi connectivity index (χ1n) is 19.8. The standard InChI is InChI=1S/C43H51N5O7S/c49-33(17-8-10-20-36-38-35(29-56-36)45-42(52)46-38)18-11-22-53-24-25-54-23-21-44-37(50)28-48-27-32-16-7-9-19-34(32)39-43(41(48)51,26-30-12-3-1-4-13-30)47-40(55-39)31-14-5-2-6-15-31/h1-7,9,12-16,19,35-36,38-39H,8,10-11,17-18,20-29H2,(H,44,50)(H2,45,46,52)/t35?,36?,38?,39-,43-/m0/s1. The molecule has 12 nitrogen and oxygen atoms in total. The Balaban J connectivity index is 0.823. The first-order valence-corrected chi connectivity index (χ1v) is 20.8. The van der Waals surface area contributed by atoms with Crippen molar-refractivity contribution in [1.29, 1.82) is 0 Å². The summed E-state index contributed by atoms with van der Waals surface area (Å²) in [6, 6.07) is 27.7. The molecule has 3 aromatic rings. The van der Waals surface area contributed by atoms with Crippen LogP contribution in [0.3, 0.4) is 0 Å². The monoisotopic (exact) mass is 781 g/mol. The Kier molecular flexibility index (Phi) is 13.4. The van der Waals surface area contributed by atoms with Crippen molar-refractivity contribution in [3.63, 3.8) is 0 Å². The van der Waals surface area contributed by atoms with Gasteiger partial charge in [-0.05, 0) is 42.5 Å². The van der Waals surface area contributed by atoms with Crippen molar-refractivity contribution in [2.45, 2.75) is 80.5 Å². The number of aliphatic imine (C=N–C) groups is 1. The predicted molar refractivity (Wildman–Crippen MR) is 214 cm³/mol. The lowest BCUT2D eigenvalue weighted by molar-refractivity contribution is -0.143. The van der Waals surface area contributed by atoms with E-state index in [1.54, 1.807) is 4.90 Å². The number of urea groups is 1. The highest BCUT2D eigenvalue weighted by atomic mass is 32.2. The summed E-state index contributed by atoms with van der Waals surface area (Å²) in [5.41, 5.74) is 2.24. The number of carbonyl (C=O) groups is 4. The summed E-state index contributed by atoms with van der Waals surface area (Å²) in [5, 5.41) is 9.31. The van der Waals surface area contributed by atoms with Crippen LogP contribution in [0.25, 0.3) is 0 Å². The van der Waals surface area contributed by atoms with E-state index < -0.39 is 11.6 Å². The maximum Gasteiger partial charge on any atom is 0.315 e. The predicted octanol–water partition coefficient (Wildman–Crippen LogP) is 4.75. The summed E-state index contributed by atoms with van der Waals surface area (Å²) in [4.78, 5) is 58.6. The number of ether oxygens (including phenoxy) is 3. The maximum atomic E-state index is 14.7. The number of fused-ring (bicyclic) bond motifs is 4. The number of amides is 4. The van der Waals surface area contributed by atoms with Gasteiger partial charge < -0.3 is 35.1 Å². The minimum Gasteiger partial charge on any atom is -0.466 e. The highest BCUT2D eigenvalue weighted by Crippen LogP contribution is 2.46. The van der Waals surface area contributed by atoms with Gasteiger partial charge in [0.2, 0.25) is 11.8 Å². The van der Waals surface area contributed by atoms with E-state index in [9.17, 15) is 19.2 Å². The molecule has 0 aromatic heterocycles. The van der Waals surface area contributed by atoms with Crippen LogP contribution in [0.4, 0.5) is 4.79 Å². The van der Waals surface area contributed by atoms with Crippen LogP contribution in [0, 0.1) is 0 Å². The number of hydrogen-bond donors (Lipinski definition) is 3. The van der Waals surface area contributed by atoms with Crippen LogP contribution in [-0.2, 0) is 41.6 Å². The quantitative estimate of drug-likeness (QED) is 0.110. The third-order valence-electron chi connectivity index (χ3n) is 10.8. The fourth-order valence-corrected chi connectivity index (χ4v) is 9.56. The molecule has 5 atom stereocenters. The van der Waals surface area contributed by atoms with Crippen LogP contribution in [0.15, 0.2) is 89.9 Å². The molecule has 56 heavy (non-hydrogen) atoms. The van der Waals surface area contributed by atoms with Crippen molar-refractivity contribution in [2.24, 2.45) is 4.99 Å². The van der Waals surface area contributed by atoms with E-state index in [4.69, 9.17) is 19.2 Å². The Morgan fingerprint density at radius 3 is 2.43 bits per heavy atom. The minimum absolute atomic E-state index is 0.0650. The Hall–Kier alpha value is -4.72. The fraction of sp³-hybridized carbons (Fsp3) is 0.465. The van der Waals surface area contributed by atoms with Crippen LogP contribution in [0.1, 0.15) is 66.9 Å². The zero-order chi connectivity index (χ0) is 38.7. The summed E-state index contributed by atoms with van der Waals surface area (Å²) in [7, 11) is 0. The van der Waals surface area contributed by atoms with Crippen molar-refractivity contribution >= 4 is 41.3 Å². The van der Waals surface area contributed by atoms with E-state index in [2.05, 4.69) is 16.0 Å². The van der Waals surface area contributed by atoms with Gasteiger partial charge in [-0.2, -0.15) is 11.8 Å². The Labute approximate surface area is 332 Å². The molecule has 2 saturated heterocycles. The highest BCUT2D eigenvalue weighted by molar-refractivity contribution is 8.00. The molecule has 0 saturated carbocycles. The third-order valence-corrected chi connectivity index (χ3v) is 12.3. The fourth-order valence-electron chi connectivity index (χ4n) is 8.02. The molecule has 2 fully saturated rings. The van der Waals surface area contributed by atoms with Crippen LogP contribution in [0.5, 0.6) is 0 Å². The number of Topliss-reactive ketones (excluding diaryl/α,β-unsaturated/α-hetero) is 1. The zero-order valence-electron chi connectivity index (χ0n) is 31.7. The zero-order valence-corrected chi connectivity index (χ0v) is 32.5. The first-order chi connectivity index (χ1) is 27.4. The first kappa shape index (κ1) is 39.5. The average Bonchev–Trinajstić information content (AvgIpc) is 3.89. The average molecular weight is 782 g/mol. The second-order valence-corrected chi connectivity index (χ2v) is 16.1. The lowest BCUT2D eigenvalue weighted by Crippen LogP contribution is -2.52. The van der Waals surface area contributed by atoms with E-state index in [1.165, 1.54) is 0 Å². The summed E-state index contributed by atoms with van der Waals surface area (Å²) in [6.07, 6.45) is 4.28. The van der Waals surface area contributed by atoms with Crippen LogP contribution in [0.2, 0.25) is 0 Å². The van der Waals surface area contributed by atoms with Gasteiger partial charge in [0.1, 0.15) is 5.78 Å². The van der Waals surface area contributed by atoms with Gasteiger partial charge in [-0.1, -0.05) is 79.2 Å². The molecule has 0 spiro atoms. The van der Waals surface area contributed by atoms with E-state index in [1.807, 2.05) is 96.7 Å². The van der Waals surface area contributed by atoms with Crippen molar-refractivity contribution in [2.75, 3.05) is 45.3 Å². The van der Waals surface area contributed by atoms with Crippen molar-refractivity contribution in [3.8, 4) is 0 Å². The van der Waals surface area contributed by atoms with Gasteiger partial charge in [0.25, 0.3) is 5.91 Å². The van der Waals surface area contributed by atoms with Gasteiger partial charge in [0.05, 0.1) is 38.4 Å². The third kappa shape index (κ3) is 9.62. The molecule has 0 bridgehead atoms. The van der Waals surface area contributed by atoms with Crippen LogP contribution < -0.4 is 16.0 Å². The van der Waals surface area contributed by atoms with Crippen molar-refractivity contribution in [1.82, 2.24) is 20.9 Å². The molecule has 3 unspecified atom stereocenters. The molecule has 4 aliphatic heterocycles. The molecule has 7 rings (SSSR count). The highest BCUT2D eigenvalue weighted by Gasteiger charge is 2.57. The number of carbonyl (C=O) groups excluding carboxylic acids is 4. The molecule has 13 heteroatoms. The summed E-state index contributed by atoms with van der Waals surface area (Å²) >= 11 is 1.90. The van der Waals surface area contributed by atoms with Crippen molar-refractivity contribution < 1.29 is 33.4 Å². The molecule has 4 amide bonds. The van der Waals surface area contributed by atoms with Gasteiger partial charge in [0.15, 0.2) is 11.6 Å². The van der Waals surface area contributed by atoms with E-state index in [0.29, 0.717) is 63.3 Å². The minimum atomic E-state index is -1.30. The maximum absolute atomic E-state index is 14.7. The number of benzene rings is 3. The molecule has 4 aliphatic rings. The largest absolute Gasteiger partial charge is 0.466 e. The van der Waals surface area contributed by atoms with Gasteiger partial charge in [-0.25, -0.2) is 9.79 Å². The Morgan fingerprint density at radius 2 is 1.61 bits per heavy atom. The van der Waals surface area contributed by atoms with E-state index in [0.717, 1.165) is 47.3 Å². The number of unbranched alkanes of at least 4 members (excludes halogenated alkanes) is 1. The number of ketones is 1. The van der Waals surface area contributed by atoms with E-state index in [-0.39, 0.29) is 55.3 Å². The number of hydrogen-bond acceptors (Lipinski definition) is 9. The van der Waals surface area contributed by atoms with Gasteiger partial charge in [-0.15, -0.1) is 0 Å². The summed E-state index contributed by atoms with van der Waals surface area (Å²) < 4.78 is 17.9. The lowest BCUT2D eigenvalue weighted by atomic mass is 9.81. The molecule has 0 radical (unpaired) electrons. The summed E-state index contributed by atoms with van der Waals surface area (Å²) in [5.74, 6) is 1.08. The molecular formula is C43H51N5O7S. The Bertz CT molecular complexity index is 1860. The SMILES string of the molecule is O=C(CCCCC1SCC2NC(=O)NC21)CCCOCCOCCNC(=O)CN1Cc2ccccc2[C@@H]2OC(c3ccccc3)=N[C@]2(Cc2ccccc2)C1=O. The number of nitrogens with one attached hydrogen (secondary N) is 3. The number of nitrogens with zero attached hydrogens (tertiary/aromatic N) is 2. The molecule has 3 aromatic carbocycles. The van der Waals surface area contributed by atoms with Gasteiger partial charge >= 0.3 is 6.03 Å². The molecular weight excluding hydrogens is 731 g/mol. The molecule has 4 heterocycles. The number of rotatable bonds is 20. The smallest absolute Gasteiger partial charge is 0.315 e. The molecule has 3 N–H and O–H groups in total.